The monoisotopic (exact) mass is 598 g/mol. The van der Waals surface area contributed by atoms with Crippen LogP contribution in [0.4, 0.5) is 0 Å². The second-order valence-electron chi connectivity index (χ2n) is 9.62. The van der Waals surface area contributed by atoms with Crippen molar-refractivity contribution in [1.29, 1.82) is 0 Å². The molecule has 0 aliphatic carbocycles. The van der Waals surface area contributed by atoms with E-state index in [1.54, 1.807) is 99.1 Å². The molecule has 2 unspecified atom stereocenters. The Morgan fingerprint density at radius 3 is 2.05 bits per heavy atom. The third kappa shape index (κ3) is 5.62. The zero-order chi connectivity index (χ0) is 31.4. The van der Waals surface area contributed by atoms with Gasteiger partial charge in [-0.3, -0.25) is 9.59 Å². The predicted octanol–water partition coefficient (Wildman–Crippen LogP) is 5.56. The zero-order valence-electron chi connectivity index (χ0n) is 24.4. The Bertz CT molecular complexity index is 1880. The van der Waals surface area contributed by atoms with E-state index in [0.29, 0.717) is 56.4 Å². The number of aliphatic hydroxyl groups excluding tert-OH is 1. The molecule has 1 aromatic heterocycles. The van der Waals surface area contributed by atoms with Crippen molar-refractivity contribution < 1.29 is 43.1 Å². The SMILES string of the molecule is COc1ccc(-c2oc3ccccc3c(=O)c2O)c(OC)c1.COc1ccc(C2Oc3ccccc3C(=O)C2O)c(OC)c1. The van der Waals surface area contributed by atoms with Gasteiger partial charge in [0.05, 0.1) is 45.0 Å². The molecule has 1 aliphatic heterocycles. The highest BCUT2D eigenvalue weighted by Crippen LogP contribution is 2.40. The van der Waals surface area contributed by atoms with Crippen LogP contribution in [-0.2, 0) is 0 Å². The van der Waals surface area contributed by atoms with Crippen molar-refractivity contribution in [2.75, 3.05) is 28.4 Å². The number of ether oxygens (including phenoxy) is 5. The second-order valence-corrected chi connectivity index (χ2v) is 9.62. The molecule has 0 spiro atoms. The van der Waals surface area contributed by atoms with Crippen LogP contribution >= 0.6 is 0 Å². The first kappa shape index (κ1) is 30.0. The van der Waals surface area contributed by atoms with E-state index in [1.807, 2.05) is 0 Å². The second kappa shape index (κ2) is 12.8. The molecule has 5 aromatic rings. The van der Waals surface area contributed by atoms with Gasteiger partial charge in [-0.25, -0.2) is 0 Å². The predicted molar refractivity (Wildman–Crippen MR) is 162 cm³/mol. The number of methoxy groups -OCH3 is 4. The quantitative estimate of drug-likeness (QED) is 0.256. The van der Waals surface area contributed by atoms with Crippen LogP contribution in [0.5, 0.6) is 34.5 Å². The first-order valence-electron chi connectivity index (χ1n) is 13.5. The third-order valence-electron chi connectivity index (χ3n) is 7.14. The molecule has 10 heteroatoms. The Kier molecular flexibility index (Phi) is 8.73. The van der Waals surface area contributed by atoms with Gasteiger partial charge in [0.25, 0.3) is 0 Å². The Hall–Kier alpha value is -5.48. The highest BCUT2D eigenvalue weighted by Gasteiger charge is 2.38. The maximum absolute atomic E-state index is 12.3. The average molecular weight is 599 g/mol. The lowest BCUT2D eigenvalue weighted by molar-refractivity contribution is 0.0208. The van der Waals surface area contributed by atoms with Gasteiger partial charge in [-0.15, -0.1) is 0 Å². The summed E-state index contributed by atoms with van der Waals surface area (Å²) in [6, 6.07) is 23.8. The smallest absolute Gasteiger partial charge is 0.235 e. The largest absolute Gasteiger partial charge is 0.502 e. The van der Waals surface area contributed by atoms with Crippen molar-refractivity contribution >= 4 is 16.8 Å². The standard InChI is InChI=1S/C17H16O5.C17H14O5/c2*1-20-10-7-8-12(14(9-10)21-2)17-16(19)15(18)11-5-3-4-6-13(11)22-17/h3-9,16-17,19H,1-2H3;3-9,19H,1-2H3. The molecule has 2 heterocycles. The van der Waals surface area contributed by atoms with Crippen molar-refractivity contribution in [2.24, 2.45) is 0 Å². The van der Waals surface area contributed by atoms with Crippen molar-refractivity contribution in [3.05, 3.63) is 106 Å². The van der Waals surface area contributed by atoms with Gasteiger partial charge in [0, 0.05) is 17.7 Å². The fourth-order valence-electron chi connectivity index (χ4n) is 4.86. The van der Waals surface area contributed by atoms with Crippen LogP contribution < -0.4 is 29.1 Å². The van der Waals surface area contributed by atoms with E-state index in [0.717, 1.165) is 0 Å². The van der Waals surface area contributed by atoms with Gasteiger partial charge < -0.3 is 38.3 Å². The number of hydrogen-bond acceptors (Lipinski definition) is 10. The number of aromatic hydroxyl groups is 1. The number of aliphatic hydroxyl groups is 1. The number of hydrogen-bond donors (Lipinski definition) is 2. The topological polar surface area (TPSA) is 134 Å². The minimum atomic E-state index is -1.28. The lowest BCUT2D eigenvalue weighted by Crippen LogP contribution is -2.36. The highest BCUT2D eigenvalue weighted by molar-refractivity contribution is 6.03. The Morgan fingerprint density at radius 1 is 0.705 bits per heavy atom. The molecule has 0 saturated carbocycles. The van der Waals surface area contributed by atoms with E-state index in [2.05, 4.69) is 0 Å². The molecule has 10 nitrogen and oxygen atoms in total. The molecule has 6 rings (SSSR count). The van der Waals surface area contributed by atoms with Gasteiger partial charge in [0.1, 0.15) is 34.3 Å². The molecule has 0 fully saturated rings. The summed E-state index contributed by atoms with van der Waals surface area (Å²) >= 11 is 0. The first-order chi connectivity index (χ1) is 21.3. The summed E-state index contributed by atoms with van der Waals surface area (Å²) in [4.78, 5) is 24.6. The molecule has 0 radical (unpaired) electrons. The van der Waals surface area contributed by atoms with Gasteiger partial charge in [0.15, 0.2) is 23.8 Å². The number of rotatable bonds is 6. The zero-order valence-corrected chi connectivity index (χ0v) is 24.4. The fourth-order valence-corrected chi connectivity index (χ4v) is 4.86. The molecular weight excluding hydrogens is 568 g/mol. The van der Waals surface area contributed by atoms with E-state index in [9.17, 15) is 19.8 Å². The summed E-state index contributed by atoms with van der Waals surface area (Å²) in [5, 5.41) is 20.9. The fraction of sp³-hybridized carbons (Fsp3) is 0.176. The molecule has 2 N–H and O–H groups in total. The molecular formula is C34H30O10. The summed E-state index contributed by atoms with van der Waals surface area (Å²) < 4.78 is 32.4. The van der Waals surface area contributed by atoms with Gasteiger partial charge in [0.2, 0.25) is 11.2 Å². The van der Waals surface area contributed by atoms with E-state index < -0.39 is 23.4 Å². The summed E-state index contributed by atoms with van der Waals surface area (Å²) in [5.74, 6) is 1.89. The van der Waals surface area contributed by atoms with Crippen LogP contribution in [0.1, 0.15) is 22.0 Å². The lowest BCUT2D eigenvalue weighted by Gasteiger charge is -2.30. The summed E-state index contributed by atoms with van der Waals surface area (Å²) in [5.41, 5.74) is 1.38. The van der Waals surface area contributed by atoms with Crippen LogP contribution in [0.15, 0.2) is 94.1 Å². The number of carbonyl (C=O) groups is 1. The van der Waals surface area contributed by atoms with Crippen molar-refractivity contribution in [1.82, 2.24) is 0 Å². The normalized spacial score (nSPS) is 15.3. The van der Waals surface area contributed by atoms with E-state index in [-0.39, 0.29) is 11.5 Å². The van der Waals surface area contributed by atoms with Gasteiger partial charge in [-0.05, 0) is 48.5 Å². The third-order valence-corrected chi connectivity index (χ3v) is 7.14. The minimum absolute atomic E-state index is 0.0724. The molecule has 2 atom stereocenters. The van der Waals surface area contributed by atoms with Crippen LogP contribution in [0.3, 0.4) is 0 Å². The maximum Gasteiger partial charge on any atom is 0.235 e. The number of ketones is 1. The van der Waals surface area contributed by atoms with Crippen molar-refractivity contribution in [3.63, 3.8) is 0 Å². The average Bonchev–Trinajstić information content (AvgIpc) is 3.07. The molecule has 1 aliphatic rings. The number of carbonyl (C=O) groups excluding carboxylic acids is 1. The van der Waals surface area contributed by atoms with Crippen LogP contribution in [0.2, 0.25) is 0 Å². The number of fused-ring (bicyclic) bond motifs is 2. The summed E-state index contributed by atoms with van der Waals surface area (Å²) in [6.45, 7) is 0. The number of para-hydroxylation sites is 2. The Morgan fingerprint density at radius 2 is 1.34 bits per heavy atom. The van der Waals surface area contributed by atoms with E-state index in [4.69, 9.17) is 28.1 Å². The lowest BCUT2D eigenvalue weighted by atomic mass is 9.93. The van der Waals surface area contributed by atoms with Crippen molar-refractivity contribution in [2.45, 2.75) is 12.2 Å². The molecule has 0 bridgehead atoms. The minimum Gasteiger partial charge on any atom is -0.502 e. The first-order valence-corrected chi connectivity index (χ1v) is 13.5. The van der Waals surface area contributed by atoms with Crippen LogP contribution in [0.25, 0.3) is 22.3 Å². The molecule has 0 saturated heterocycles. The number of Topliss-reactive ketones (excluding diaryl/α,β-unsaturated/α-hetero) is 1. The molecule has 0 amide bonds. The van der Waals surface area contributed by atoms with Crippen LogP contribution in [-0.4, -0.2) is 50.5 Å². The highest BCUT2D eigenvalue weighted by atomic mass is 16.5. The van der Waals surface area contributed by atoms with Crippen LogP contribution in [0, 0.1) is 0 Å². The summed E-state index contributed by atoms with van der Waals surface area (Å²) in [6.07, 6.45) is -2.10. The van der Waals surface area contributed by atoms with Gasteiger partial charge >= 0.3 is 0 Å². The number of benzene rings is 4. The maximum atomic E-state index is 12.3. The Labute approximate surface area is 252 Å². The van der Waals surface area contributed by atoms with Gasteiger partial charge in [-0.2, -0.15) is 0 Å². The molecule has 4 aromatic carbocycles. The Balaban J connectivity index is 0.000000175. The molecule has 44 heavy (non-hydrogen) atoms. The van der Waals surface area contributed by atoms with Gasteiger partial charge in [-0.1, -0.05) is 24.3 Å². The summed E-state index contributed by atoms with van der Waals surface area (Å²) in [7, 11) is 6.11. The van der Waals surface area contributed by atoms with E-state index >= 15 is 0 Å². The van der Waals surface area contributed by atoms with Crippen molar-refractivity contribution in [3.8, 4) is 45.8 Å². The molecule has 226 valence electrons. The van der Waals surface area contributed by atoms with E-state index in [1.165, 1.54) is 14.2 Å².